The fraction of sp³-hybridized carbons (Fsp3) is 0.179. The van der Waals surface area contributed by atoms with Gasteiger partial charge in [0.15, 0.2) is 0 Å². The summed E-state index contributed by atoms with van der Waals surface area (Å²) in [5, 5.41) is 6.20. The molecule has 5 rings (SSSR count). The highest BCUT2D eigenvalue weighted by Crippen LogP contribution is 2.24. The average Bonchev–Trinajstić information content (AvgIpc) is 2.91. The fourth-order valence-electron chi connectivity index (χ4n) is 3.85. The Kier molecular flexibility index (Phi) is 7.23. The number of morpholine rings is 1. The molecule has 1 aliphatic rings. The number of carbonyl (C=O) groups excluding carboxylic acids is 1. The van der Waals surface area contributed by atoms with E-state index in [-0.39, 0.29) is 11.7 Å². The van der Waals surface area contributed by atoms with Crippen molar-refractivity contribution < 1.29 is 18.7 Å². The van der Waals surface area contributed by atoms with Crippen molar-refractivity contribution in [1.29, 1.82) is 0 Å². The average molecular weight is 500 g/mol. The second-order valence-electron chi connectivity index (χ2n) is 8.53. The van der Waals surface area contributed by atoms with Gasteiger partial charge in [0.2, 0.25) is 5.95 Å². The van der Waals surface area contributed by atoms with Crippen molar-refractivity contribution >= 4 is 29.0 Å². The molecule has 0 spiro atoms. The van der Waals surface area contributed by atoms with Gasteiger partial charge < -0.3 is 25.0 Å². The molecular formula is C28H26FN5O3. The Bertz CT molecular complexity index is 1370. The predicted molar refractivity (Wildman–Crippen MR) is 140 cm³/mol. The largest absolute Gasteiger partial charge is 0.457 e. The number of anilines is 4. The first-order chi connectivity index (χ1) is 18.0. The van der Waals surface area contributed by atoms with E-state index in [1.54, 1.807) is 24.3 Å². The van der Waals surface area contributed by atoms with Crippen LogP contribution in [-0.4, -0.2) is 42.2 Å². The van der Waals surface area contributed by atoms with E-state index in [1.807, 2.05) is 37.3 Å². The number of aromatic nitrogens is 2. The molecule has 4 aromatic rings. The summed E-state index contributed by atoms with van der Waals surface area (Å²) in [5.41, 5.74) is 2.79. The lowest BCUT2D eigenvalue weighted by molar-refractivity contribution is 0.102. The van der Waals surface area contributed by atoms with Gasteiger partial charge in [-0.25, -0.2) is 9.37 Å². The maximum absolute atomic E-state index is 13.1. The van der Waals surface area contributed by atoms with E-state index in [0.717, 1.165) is 24.5 Å². The van der Waals surface area contributed by atoms with E-state index in [2.05, 4.69) is 25.5 Å². The Morgan fingerprint density at radius 2 is 1.65 bits per heavy atom. The van der Waals surface area contributed by atoms with Gasteiger partial charge >= 0.3 is 0 Å². The molecule has 2 heterocycles. The predicted octanol–water partition coefficient (Wildman–Crippen LogP) is 5.55. The normalized spacial score (nSPS) is 13.2. The van der Waals surface area contributed by atoms with Crippen molar-refractivity contribution in [1.82, 2.24) is 9.97 Å². The minimum Gasteiger partial charge on any atom is -0.457 e. The summed E-state index contributed by atoms with van der Waals surface area (Å²) < 4.78 is 24.3. The second kappa shape index (κ2) is 11.0. The summed E-state index contributed by atoms with van der Waals surface area (Å²) in [6, 6.07) is 21.8. The van der Waals surface area contributed by atoms with Gasteiger partial charge in [-0.1, -0.05) is 6.07 Å². The first-order valence-corrected chi connectivity index (χ1v) is 11.9. The Morgan fingerprint density at radius 1 is 0.919 bits per heavy atom. The molecule has 0 radical (unpaired) electrons. The zero-order valence-corrected chi connectivity index (χ0v) is 20.3. The number of halogens is 1. The Morgan fingerprint density at radius 3 is 2.41 bits per heavy atom. The van der Waals surface area contributed by atoms with Gasteiger partial charge in [-0.2, -0.15) is 4.98 Å². The highest BCUT2D eigenvalue weighted by molar-refractivity contribution is 6.04. The van der Waals surface area contributed by atoms with E-state index in [1.165, 1.54) is 24.3 Å². The summed E-state index contributed by atoms with van der Waals surface area (Å²) in [6.45, 7) is 4.80. The number of carbonyl (C=O) groups is 1. The van der Waals surface area contributed by atoms with Crippen LogP contribution >= 0.6 is 0 Å². The Balaban J connectivity index is 1.22. The molecule has 1 aromatic heterocycles. The van der Waals surface area contributed by atoms with E-state index >= 15 is 0 Å². The number of ether oxygens (including phenoxy) is 2. The minimum absolute atomic E-state index is 0.271. The van der Waals surface area contributed by atoms with Gasteiger partial charge in [0.25, 0.3) is 5.91 Å². The maximum Gasteiger partial charge on any atom is 0.255 e. The van der Waals surface area contributed by atoms with Crippen LogP contribution in [0.3, 0.4) is 0 Å². The standard InChI is InChI=1S/C28H26FN5O3/c1-19-17-26(33-28(30-19)34-13-15-36-16-14-34)31-22-7-9-23(10-8-22)32-27(35)20-3-2-4-25(18-20)37-24-11-5-21(29)6-12-24/h2-12,17-18H,13-16H2,1H3,(H,32,35)(H,30,31,33). The third-order valence-electron chi connectivity index (χ3n) is 5.70. The van der Waals surface area contributed by atoms with Crippen LogP contribution in [0.25, 0.3) is 0 Å². The number of hydrogen-bond acceptors (Lipinski definition) is 7. The van der Waals surface area contributed by atoms with Crippen LogP contribution in [0.2, 0.25) is 0 Å². The zero-order valence-electron chi connectivity index (χ0n) is 20.3. The SMILES string of the molecule is Cc1cc(Nc2ccc(NC(=O)c3cccc(Oc4ccc(F)cc4)c3)cc2)nc(N2CCOCC2)n1. The molecule has 2 N–H and O–H groups in total. The molecule has 1 saturated heterocycles. The molecule has 0 saturated carbocycles. The monoisotopic (exact) mass is 499 g/mol. The van der Waals surface area contributed by atoms with Crippen LogP contribution < -0.4 is 20.3 Å². The second-order valence-corrected chi connectivity index (χ2v) is 8.53. The lowest BCUT2D eigenvalue weighted by Crippen LogP contribution is -2.37. The molecule has 0 bridgehead atoms. The van der Waals surface area contributed by atoms with Crippen molar-refractivity contribution in [2.24, 2.45) is 0 Å². The van der Waals surface area contributed by atoms with Gasteiger partial charge in [0, 0.05) is 41.8 Å². The zero-order chi connectivity index (χ0) is 25.6. The smallest absolute Gasteiger partial charge is 0.255 e. The van der Waals surface area contributed by atoms with Crippen molar-refractivity contribution in [3.05, 3.63) is 95.9 Å². The molecule has 9 heteroatoms. The number of benzene rings is 3. The van der Waals surface area contributed by atoms with E-state index in [4.69, 9.17) is 9.47 Å². The lowest BCUT2D eigenvalue weighted by atomic mass is 10.2. The first-order valence-electron chi connectivity index (χ1n) is 11.9. The summed E-state index contributed by atoms with van der Waals surface area (Å²) in [6.07, 6.45) is 0. The third-order valence-corrected chi connectivity index (χ3v) is 5.70. The van der Waals surface area contributed by atoms with E-state index < -0.39 is 0 Å². The molecule has 0 atom stereocenters. The van der Waals surface area contributed by atoms with Crippen LogP contribution in [0.4, 0.5) is 27.5 Å². The number of nitrogens with one attached hydrogen (secondary N) is 2. The number of nitrogens with zero attached hydrogens (tertiary/aromatic N) is 3. The number of aryl methyl sites for hydroxylation is 1. The molecule has 8 nitrogen and oxygen atoms in total. The van der Waals surface area contributed by atoms with E-state index in [0.29, 0.717) is 47.7 Å². The number of rotatable bonds is 7. The molecule has 3 aromatic carbocycles. The van der Waals surface area contributed by atoms with Crippen molar-refractivity contribution in [2.45, 2.75) is 6.92 Å². The number of amides is 1. The van der Waals surface area contributed by atoms with Gasteiger partial charge in [-0.05, 0) is 73.7 Å². The molecule has 1 fully saturated rings. The fourth-order valence-corrected chi connectivity index (χ4v) is 3.85. The van der Waals surface area contributed by atoms with Gasteiger partial charge in [-0.15, -0.1) is 0 Å². The summed E-state index contributed by atoms with van der Waals surface area (Å²) in [5.74, 6) is 1.73. The quantitative estimate of drug-likeness (QED) is 0.345. The molecular weight excluding hydrogens is 473 g/mol. The highest BCUT2D eigenvalue weighted by atomic mass is 19.1. The molecule has 0 unspecified atom stereocenters. The molecule has 37 heavy (non-hydrogen) atoms. The van der Waals surface area contributed by atoms with Crippen LogP contribution in [0.5, 0.6) is 11.5 Å². The van der Waals surface area contributed by atoms with Crippen molar-refractivity contribution in [3.63, 3.8) is 0 Å². The van der Waals surface area contributed by atoms with Crippen LogP contribution in [0.1, 0.15) is 16.1 Å². The Hall–Kier alpha value is -4.50. The van der Waals surface area contributed by atoms with Gasteiger partial charge in [0.1, 0.15) is 23.1 Å². The maximum atomic E-state index is 13.1. The van der Waals surface area contributed by atoms with E-state index in [9.17, 15) is 9.18 Å². The van der Waals surface area contributed by atoms with Crippen LogP contribution in [-0.2, 0) is 4.74 Å². The topological polar surface area (TPSA) is 88.6 Å². The first kappa shape index (κ1) is 24.2. The molecule has 0 aliphatic carbocycles. The molecule has 1 amide bonds. The summed E-state index contributed by atoms with van der Waals surface area (Å²) in [7, 11) is 0. The van der Waals surface area contributed by atoms with Gasteiger partial charge in [0.05, 0.1) is 13.2 Å². The molecule has 1 aliphatic heterocycles. The third kappa shape index (κ3) is 6.39. The van der Waals surface area contributed by atoms with Crippen LogP contribution in [0.15, 0.2) is 78.9 Å². The Labute approximate surface area is 214 Å². The van der Waals surface area contributed by atoms with Crippen LogP contribution in [0, 0.1) is 12.7 Å². The lowest BCUT2D eigenvalue weighted by Gasteiger charge is -2.27. The number of hydrogen-bond donors (Lipinski definition) is 2. The van der Waals surface area contributed by atoms with Gasteiger partial charge in [-0.3, -0.25) is 4.79 Å². The minimum atomic E-state index is -0.341. The summed E-state index contributed by atoms with van der Waals surface area (Å²) >= 11 is 0. The van der Waals surface area contributed by atoms with Crippen molar-refractivity contribution in [3.8, 4) is 11.5 Å². The molecule has 188 valence electrons. The van der Waals surface area contributed by atoms with Crippen molar-refractivity contribution in [2.75, 3.05) is 41.8 Å². The highest BCUT2D eigenvalue weighted by Gasteiger charge is 2.15. The summed E-state index contributed by atoms with van der Waals surface area (Å²) in [4.78, 5) is 24.1.